The van der Waals surface area contributed by atoms with Gasteiger partial charge in [-0.3, -0.25) is 0 Å². The summed E-state index contributed by atoms with van der Waals surface area (Å²) in [7, 11) is 3.54. The molecular weight excluding hydrogens is 580 g/mol. The number of anilines is 3. The molecule has 1 aromatic rings. The van der Waals surface area contributed by atoms with Crippen LogP contribution in [0.2, 0.25) is 0 Å². The SMILES string of the molecule is COCCCN(c1nc(NCCCCCCO)nc(N(CCCOC)C2CC(C)(C)NC(C)(C)C2)n1)C1CC(C)(C)NC(C)(C)C1. The molecule has 0 amide bonds. The van der Waals surface area contributed by atoms with Gasteiger partial charge in [0.1, 0.15) is 0 Å². The number of aromatic nitrogens is 3. The van der Waals surface area contributed by atoms with Crippen molar-refractivity contribution >= 4 is 17.8 Å². The van der Waals surface area contributed by atoms with Gasteiger partial charge in [0.15, 0.2) is 0 Å². The third-order valence-corrected chi connectivity index (χ3v) is 9.21. The molecule has 0 bridgehead atoms. The standard InChI is InChI=1S/C35H68N8O3/c1-32(2)23-27(24-33(3,4)40-32)42(18-15-21-45-9)30-37-29(36-17-13-11-12-14-20-44)38-31(39-30)43(19-16-22-46-10)28-25-34(5,6)41-35(7,8)26-28/h27-28,40-41,44H,11-26H2,1-10H3,(H,36,37,38,39). The van der Waals surface area contributed by atoms with Crippen LogP contribution in [0.15, 0.2) is 0 Å². The summed E-state index contributed by atoms with van der Waals surface area (Å²) in [6.45, 7) is 22.4. The Hall–Kier alpha value is -1.79. The Labute approximate surface area is 280 Å². The summed E-state index contributed by atoms with van der Waals surface area (Å²) >= 11 is 0. The summed E-state index contributed by atoms with van der Waals surface area (Å²) in [5.74, 6) is 2.12. The number of nitrogens with one attached hydrogen (secondary N) is 3. The largest absolute Gasteiger partial charge is 0.396 e. The zero-order chi connectivity index (χ0) is 34.0. The van der Waals surface area contributed by atoms with Crippen LogP contribution in [-0.2, 0) is 9.47 Å². The molecule has 1 aromatic heterocycles. The Morgan fingerprint density at radius 2 is 1.07 bits per heavy atom. The van der Waals surface area contributed by atoms with E-state index >= 15 is 0 Å². The maximum Gasteiger partial charge on any atom is 0.232 e. The highest BCUT2D eigenvalue weighted by Gasteiger charge is 2.42. The summed E-state index contributed by atoms with van der Waals surface area (Å²) in [5.41, 5.74) is -0.0719. The number of unbranched alkanes of at least 4 members (excludes halogenated alkanes) is 3. The summed E-state index contributed by atoms with van der Waals surface area (Å²) in [6.07, 6.45) is 9.68. The molecule has 2 aliphatic rings. The number of piperidine rings is 2. The summed E-state index contributed by atoms with van der Waals surface area (Å²) in [5, 5.41) is 20.5. The molecule has 3 heterocycles. The summed E-state index contributed by atoms with van der Waals surface area (Å²) in [4.78, 5) is 20.5. The van der Waals surface area contributed by atoms with Crippen molar-refractivity contribution in [2.45, 2.75) is 154 Å². The molecule has 2 saturated heterocycles. The lowest BCUT2D eigenvalue weighted by Gasteiger charge is -2.50. The van der Waals surface area contributed by atoms with Crippen LogP contribution < -0.4 is 25.8 Å². The fourth-order valence-corrected chi connectivity index (χ4v) is 8.11. The van der Waals surface area contributed by atoms with Crippen molar-refractivity contribution in [3.63, 3.8) is 0 Å². The topological polar surface area (TPSA) is 120 Å². The zero-order valence-electron chi connectivity index (χ0n) is 31.0. The molecule has 11 heteroatoms. The van der Waals surface area contributed by atoms with Gasteiger partial charge in [0, 0.05) is 87.9 Å². The molecule has 46 heavy (non-hydrogen) atoms. The van der Waals surface area contributed by atoms with Gasteiger partial charge in [-0.05, 0) is 107 Å². The normalized spacial score (nSPS) is 20.8. The number of nitrogens with zero attached hydrogens (tertiary/aromatic N) is 5. The lowest BCUT2D eigenvalue weighted by molar-refractivity contribution is 0.154. The number of hydrogen-bond donors (Lipinski definition) is 4. The van der Waals surface area contributed by atoms with Crippen LogP contribution in [0.1, 0.15) is 120 Å². The van der Waals surface area contributed by atoms with Crippen LogP contribution >= 0.6 is 0 Å². The first kappa shape index (κ1) is 38.7. The Balaban J connectivity index is 2.07. The molecule has 2 fully saturated rings. The first-order valence-corrected chi connectivity index (χ1v) is 17.8. The van der Waals surface area contributed by atoms with Crippen LogP contribution in [0, 0.1) is 0 Å². The minimum absolute atomic E-state index is 0.0180. The maximum absolute atomic E-state index is 9.19. The molecule has 0 unspecified atom stereocenters. The van der Waals surface area contributed by atoms with Crippen LogP contribution in [0.3, 0.4) is 0 Å². The smallest absolute Gasteiger partial charge is 0.232 e. The fraction of sp³-hybridized carbons (Fsp3) is 0.914. The van der Waals surface area contributed by atoms with E-state index in [9.17, 15) is 5.11 Å². The van der Waals surface area contributed by atoms with Crippen molar-refractivity contribution in [3.8, 4) is 0 Å². The van der Waals surface area contributed by atoms with E-state index < -0.39 is 0 Å². The predicted octanol–water partition coefficient (Wildman–Crippen LogP) is 5.14. The minimum atomic E-state index is -0.0180. The van der Waals surface area contributed by atoms with Gasteiger partial charge in [-0.1, -0.05) is 12.8 Å². The maximum atomic E-state index is 9.19. The van der Waals surface area contributed by atoms with E-state index in [1.54, 1.807) is 14.2 Å². The molecule has 4 N–H and O–H groups in total. The van der Waals surface area contributed by atoms with Crippen molar-refractivity contribution in [2.75, 3.05) is 68.8 Å². The number of methoxy groups -OCH3 is 2. The second-order valence-corrected chi connectivity index (χ2v) is 16.3. The molecular formula is C35H68N8O3. The lowest BCUT2D eigenvalue weighted by Crippen LogP contribution is -2.63. The second-order valence-electron chi connectivity index (χ2n) is 16.3. The zero-order valence-corrected chi connectivity index (χ0v) is 31.0. The van der Waals surface area contributed by atoms with Crippen LogP contribution in [0.4, 0.5) is 17.8 Å². The monoisotopic (exact) mass is 649 g/mol. The van der Waals surface area contributed by atoms with E-state index in [1.165, 1.54) is 0 Å². The van der Waals surface area contributed by atoms with Crippen molar-refractivity contribution in [2.24, 2.45) is 0 Å². The molecule has 0 aromatic carbocycles. The van der Waals surface area contributed by atoms with Crippen molar-refractivity contribution in [1.29, 1.82) is 0 Å². The highest BCUT2D eigenvalue weighted by atomic mass is 16.5. The highest BCUT2D eigenvalue weighted by molar-refractivity contribution is 5.47. The molecule has 0 saturated carbocycles. The van der Waals surface area contributed by atoms with Gasteiger partial charge in [-0.15, -0.1) is 0 Å². The first-order chi connectivity index (χ1) is 21.6. The van der Waals surface area contributed by atoms with E-state index in [0.29, 0.717) is 19.2 Å². The van der Waals surface area contributed by atoms with Gasteiger partial charge in [0.05, 0.1) is 0 Å². The number of aliphatic hydroxyl groups is 1. The quantitative estimate of drug-likeness (QED) is 0.149. The van der Waals surface area contributed by atoms with Gasteiger partial charge < -0.3 is 40.3 Å². The molecule has 0 spiro atoms. The third kappa shape index (κ3) is 12.3. The molecule has 266 valence electrons. The number of ether oxygens (including phenoxy) is 2. The molecule has 3 rings (SSSR count). The Morgan fingerprint density at radius 1 is 0.652 bits per heavy atom. The fourth-order valence-electron chi connectivity index (χ4n) is 8.11. The van der Waals surface area contributed by atoms with E-state index in [-0.39, 0.29) is 40.8 Å². The summed E-state index contributed by atoms with van der Waals surface area (Å²) in [6, 6.07) is 0.534. The van der Waals surface area contributed by atoms with Crippen molar-refractivity contribution < 1.29 is 14.6 Å². The van der Waals surface area contributed by atoms with Gasteiger partial charge in [-0.25, -0.2) is 0 Å². The average molecular weight is 649 g/mol. The van der Waals surface area contributed by atoms with Crippen LogP contribution in [0.5, 0.6) is 0 Å². The van der Waals surface area contributed by atoms with Gasteiger partial charge in [0.2, 0.25) is 17.8 Å². The number of rotatable bonds is 19. The van der Waals surface area contributed by atoms with E-state index in [4.69, 9.17) is 24.4 Å². The highest BCUT2D eigenvalue weighted by Crippen LogP contribution is 2.36. The Kier molecular flexibility index (Phi) is 14.3. The Bertz CT molecular complexity index is 948. The molecule has 11 nitrogen and oxygen atoms in total. The predicted molar refractivity (Wildman–Crippen MR) is 190 cm³/mol. The first-order valence-electron chi connectivity index (χ1n) is 17.8. The van der Waals surface area contributed by atoms with Crippen LogP contribution in [0.25, 0.3) is 0 Å². The second kappa shape index (κ2) is 17.0. The summed E-state index contributed by atoms with van der Waals surface area (Å²) < 4.78 is 11.0. The van der Waals surface area contributed by atoms with Crippen molar-refractivity contribution in [1.82, 2.24) is 25.6 Å². The van der Waals surface area contributed by atoms with Crippen molar-refractivity contribution in [3.05, 3.63) is 0 Å². The van der Waals surface area contributed by atoms with Crippen LogP contribution in [-0.4, -0.2) is 108 Å². The van der Waals surface area contributed by atoms with Gasteiger partial charge in [0.25, 0.3) is 0 Å². The lowest BCUT2D eigenvalue weighted by atomic mass is 9.79. The number of hydrogen-bond acceptors (Lipinski definition) is 11. The molecule has 0 radical (unpaired) electrons. The molecule has 0 atom stereocenters. The molecule has 2 aliphatic heterocycles. The average Bonchev–Trinajstić information content (AvgIpc) is 2.92. The van der Waals surface area contributed by atoms with Gasteiger partial charge >= 0.3 is 0 Å². The van der Waals surface area contributed by atoms with E-state index in [1.807, 2.05) is 0 Å². The number of aliphatic hydroxyl groups excluding tert-OH is 1. The third-order valence-electron chi connectivity index (χ3n) is 9.21. The Morgan fingerprint density at radius 3 is 1.46 bits per heavy atom. The minimum Gasteiger partial charge on any atom is -0.396 e. The van der Waals surface area contributed by atoms with Gasteiger partial charge in [-0.2, -0.15) is 15.0 Å². The van der Waals surface area contributed by atoms with E-state index in [0.717, 1.165) is 95.7 Å². The van der Waals surface area contributed by atoms with E-state index in [2.05, 4.69) is 81.1 Å². The molecule has 0 aliphatic carbocycles.